The molecule has 0 aliphatic carbocycles. The molecule has 29 heavy (non-hydrogen) atoms. The van der Waals surface area contributed by atoms with Crippen LogP contribution in [0.5, 0.6) is 0 Å². The molecule has 0 unspecified atom stereocenters. The Morgan fingerprint density at radius 1 is 1.07 bits per heavy atom. The third-order valence-corrected chi connectivity index (χ3v) is 6.59. The van der Waals surface area contributed by atoms with Crippen molar-refractivity contribution in [3.63, 3.8) is 0 Å². The Kier molecular flexibility index (Phi) is 5.31. The normalized spacial score (nSPS) is 18.1. The van der Waals surface area contributed by atoms with Crippen molar-refractivity contribution in [3.05, 3.63) is 78.4 Å². The van der Waals surface area contributed by atoms with Gasteiger partial charge in [-0.15, -0.1) is 0 Å². The van der Waals surface area contributed by atoms with Gasteiger partial charge in [-0.2, -0.15) is 5.10 Å². The van der Waals surface area contributed by atoms with Gasteiger partial charge in [0.1, 0.15) is 5.82 Å². The smallest absolute Gasteiger partial charge is 0.249 e. The highest BCUT2D eigenvalue weighted by molar-refractivity contribution is 7.91. The summed E-state index contributed by atoms with van der Waals surface area (Å²) in [7, 11) is -3.08. The van der Waals surface area contributed by atoms with Crippen molar-refractivity contribution in [1.29, 1.82) is 0 Å². The predicted molar refractivity (Wildman–Crippen MR) is 114 cm³/mol. The number of amides is 1. The van der Waals surface area contributed by atoms with E-state index in [1.807, 2.05) is 60.7 Å². The van der Waals surface area contributed by atoms with Gasteiger partial charge < -0.3 is 5.32 Å². The third-order valence-electron chi connectivity index (χ3n) is 4.84. The van der Waals surface area contributed by atoms with Crippen LogP contribution in [0.25, 0.3) is 17.3 Å². The van der Waals surface area contributed by atoms with Crippen LogP contribution >= 0.6 is 0 Å². The van der Waals surface area contributed by atoms with E-state index < -0.39 is 9.84 Å². The minimum atomic E-state index is -3.08. The zero-order chi connectivity index (χ0) is 20.3. The highest BCUT2D eigenvalue weighted by Gasteiger charge is 2.31. The van der Waals surface area contributed by atoms with Gasteiger partial charge in [0.25, 0.3) is 0 Å². The number of carbonyl (C=O) groups is 1. The number of nitrogens with zero attached hydrogens (tertiary/aromatic N) is 2. The molecule has 1 aliphatic heterocycles. The summed E-state index contributed by atoms with van der Waals surface area (Å²) in [5, 5.41) is 7.47. The van der Waals surface area contributed by atoms with Crippen LogP contribution in [-0.2, 0) is 14.6 Å². The van der Waals surface area contributed by atoms with Crippen LogP contribution < -0.4 is 5.32 Å². The minimum Gasteiger partial charge on any atom is -0.307 e. The fourth-order valence-corrected chi connectivity index (χ4v) is 5.08. The first-order valence-electron chi connectivity index (χ1n) is 9.40. The minimum absolute atomic E-state index is 0.0334. The van der Waals surface area contributed by atoms with Crippen molar-refractivity contribution < 1.29 is 13.2 Å². The maximum atomic E-state index is 12.5. The van der Waals surface area contributed by atoms with Crippen LogP contribution in [0.15, 0.2) is 72.8 Å². The van der Waals surface area contributed by atoms with Gasteiger partial charge in [0.15, 0.2) is 9.84 Å². The van der Waals surface area contributed by atoms with Gasteiger partial charge in [0.2, 0.25) is 5.91 Å². The summed E-state index contributed by atoms with van der Waals surface area (Å²) in [5.41, 5.74) is 2.52. The van der Waals surface area contributed by atoms with E-state index in [2.05, 4.69) is 10.4 Å². The largest absolute Gasteiger partial charge is 0.307 e. The summed E-state index contributed by atoms with van der Waals surface area (Å²) in [5.74, 6) is 0.370. The van der Waals surface area contributed by atoms with Crippen LogP contribution in [0.3, 0.4) is 0 Å². The van der Waals surface area contributed by atoms with Gasteiger partial charge in [-0.25, -0.2) is 13.1 Å². The van der Waals surface area contributed by atoms with Crippen molar-refractivity contribution in [3.8, 4) is 11.3 Å². The molecule has 148 valence electrons. The summed E-state index contributed by atoms with van der Waals surface area (Å²) in [6, 6.07) is 20.6. The first-order chi connectivity index (χ1) is 14.0. The van der Waals surface area contributed by atoms with Crippen molar-refractivity contribution >= 4 is 27.6 Å². The van der Waals surface area contributed by atoms with E-state index >= 15 is 0 Å². The predicted octanol–water partition coefficient (Wildman–Crippen LogP) is 3.56. The summed E-state index contributed by atoms with van der Waals surface area (Å²) in [6.45, 7) is 0. The van der Waals surface area contributed by atoms with Crippen molar-refractivity contribution in [1.82, 2.24) is 9.78 Å². The molecule has 0 saturated carbocycles. The fourth-order valence-electron chi connectivity index (χ4n) is 3.39. The zero-order valence-electron chi connectivity index (χ0n) is 15.7. The average Bonchev–Trinajstić information content (AvgIpc) is 3.30. The van der Waals surface area contributed by atoms with Crippen LogP contribution in [0.1, 0.15) is 18.0 Å². The third kappa shape index (κ3) is 4.63. The molecule has 0 spiro atoms. The van der Waals surface area contributed by atoms with E-state index in [0.29, 0.717) is 17.9 Å². The quantitative estimate of drug-likeness (QED) is 0.656. The molecular weight excluding hydrogens is 386 g/mol. The van der Waals surface area contributed by atoms with Crippen molar-refractivity contribution in [2.45, 2.75) is 12.5 Å². The Morgan fingerprint density at radius 3 is 2.41 bits per heavy atom. The SMILES string of the molecule is O=C(/C=C/c1ccccc1)Nc1cc(-c2ccccc2)nn1[C@@H]1CCS(=O)(=O)C1. The fraction of sp³-hybridized carbons (Fsp3) is 0.182. The number of hydrogen-bond donors (Lipinski definition) is 1. The van der Waals surface area contributed by atoms with E-state index in [4.69, 9.17) is 0 Å². The van der Waals surface area contributed by atoms with E-state index in [1.54, 1.807) is 16.8 Å². The molecule has 7 heteroatoms. The van der Waals surface area contributed by atoms with Gasteiger partial charge in [-0.3, -0.25) is 4.79 Å². The lowest BCUT2D eigenvalue weighted by Gasteiger charge is -2.13. The summed E-state index contributed by atoms with van der Waals surface area (Å²) < 4.78 is 25.5. The molecule has 2 aromatic carbocycles. The molecule has 2 heterocycles. The second kappa shape index (κ2) is 8.05. The topological polar surface area (TPSA) is 81.1 Å². The maximum absolute atomic E-state index is 12.5. The second-order valence-electron chi connectivity index (χ2n) is 7.02. The molecule has 4 rings (SSSR count). The van der Waals surface area contributed by atoms with Crippen LogP contribution in [0.2, 0.25) is 0 Å². The van der Waals surface area contributed by atoms with E-state index in [1.165, 1.54) is 6.08 Å². The van der Waals surface area contributed by atoms with Crippen LogP contribution in [0.4, 0.5) is 5.82 Å². The second-order valence-corrected chi connectivity index (χ2v) is 9.24. The number of anilines is 1. The number of carbonyl (C=O) groups excluding carboxylic acids is 1. The Morgan fingerprint density at radius 2 is 1.76 bits per heavy atom. The molecular formula is C22H21N3O3S. The molecule has 1 amide bonds. The van der Waals surface area contributed by atoms with E-state index in [-0.39, 0.29) is 23.5 Å². The summed E-state index contributed by atoms with van der Waals surface area (Å²) in [6.07, 6.45) is 3.68. The lowest BCUT2D eigenvalue weighted by atomic mass is 10.1. The molecule has 1 aliphatic rings. The number of aromatic nitrogens is 2. The standard InChI is InChI=1S/C22H21N3O3S/c26-22(12-11-17-7-3-1-4-8-17)23-21-15-20(18-9-5-2-6-10-18)24-25(21)19-13-14-29(27,28)16-19/h1-12,15,19H,13-14,16H2,(H,23,26)/b12-11+/t19-/m1/s1. The van der Waals surface area contributed by atoms with E-state index in [0.717, 1.165) is 11.1 Å². The van der Waals surface area contributed by atoms with Gasteiger partial charge in [0, 0.05) is 17.7 Å². The van der Waals surface area contributed by atoms with Gasteiger partial charge in [-0.05, 0) is 18.1 Å². The highest BCUT2D eigenvalue weighted by Crippen LogP contribution is 2.30. The Hall–Kier alpha value is -3.19. The van der Waals surface area contributed by atoms with Crippen molar-refractivity contribution in [2.24, 2.45) is 0 Å². The molecule has 1 aromatic heterocycles. The van der Waals surface area contributed by atoms with Gasteiger partial charge in [-0.1, -0.05) is 60.7 Å². The van der Waals surface area contributed by atoms with Gasteiger partial charge in [0.05, 0.1) is 23.2 Å². The lowest BCUT2D eigenvalue weighted by Crippen LogP contribution is -2.18. The van der Waals surface area contributed by atoms with E-state index in [9.17, 15) is 13.2 Å². The molecule has 1 saturated heterocycles. The molecule has 0 radical (unpaired) electrons. The number of nitrogens with one attached hydrogen (secondary N) is 1. The molecule has 1 N–H and O–H groups in total. The maximum Gasteiger partial charge on any atom is 0.249 e. The number of benzene rings is 2. The average molecular weight is 407 g/mol. The summed E-state index contributed by atoms with van der Waals surface area (Å²) >= 11 is 0. The Balaban J connectivity index is 1.61. The number of rotatable bonds is 5. The van der Waals surface area contributed by atoms with Crippen LogP contribution in [0, 0.1) is 0 Å². The molecule has 3 aromatic rings. The lowest BCUT2D eigenvalue weighted by molar-refractivity contribution is -0.111. The molecule has 1 fully saturated rings. The number of sulfone groups is 1. The zero-order valence-corrected chi connectivity index (χ0v) is 16.5. The summed E-state index contributed by atoms with van der Waals surface area (Å²) in [4.78, 5) is 12.5. The molecule has 1 atom stereocenters. The number of hydrogen-bond acceptors (Lipinski definition) is 4. The van der Waals surface area contributed by atoms with Crippen LogP contribution in [-0.4, -0.2) is 35.6 Å². The van der Waals surface area contributed by atoms with Crippen molar-refractivity contribution in [2.75, 3.05) is 16.8 Å². The Bertz CT molecular complexity index is 1140. The Labute approximate surface area is 169 Å². The molecule has 0 bridgehead atoms. The molecule has 6 nitrogen and oxygen atoms in total. The highest BCUT2D eigenvalue weighted by atomic mass is 32.2. The first kappa shape index (κ1) is 19.1. The van der Waals surface area contributed by atoms with Gasteiger partial charge >= 0.3 is 0 Å². The monoisotopic (exact) mass is 407 g/mol. The first-order valence-corrected chi connectivity index (χ1v) is 11.2.